The van der Waals surface area contributed by atoms with Crippen LogP contribution in [0.25, 0.3) is 10.9 Å². The van der Waals surface area contributed by atoms with Crippen LogP contribution >= 0.6 is 0 Å². The van der Waals surface area contributed by atoms with Crippen LogP contribution in [0.15, 0.2) is 83.9 Å². The van der Waals surface area contributed by atoms with Crippen LogP contribution in [0.5, 0.6) is 0 Å². The fourth-order valence-electron chi connectivity index (χ4n) is 3.59. The first-order chi connectivity index (χ1) is 15.7. The second-order valence-electron chi connectivity index (χ2n) is 7.74. The number of sulfone groups is 1. The van der Waals surface area contributed by atoms with Crippen molar-refractivity contribution in [3.05, 3.63) is 100 Å². The molecule has 1 aromatic heterocycles. The summed E-state index contributed by atoms with van der Waals surface area (Å²) >= 11 is 0. The van der Waals surface area contributed by atoms with E-state index in [1.807, 2.05) is 19.1 Å². The molecule has 3 aromatic carbocycles. The first-order valence-electron chi connectivity index (χ1n) is 10.1. The van der Waals surface area contributed by atoms with Crippen LogP contribution in [0.1, 0.15) is 11.1 Å². The van der Waals surface area contributed by atoms with Gasteiger partial charge in [-0.1, -0.05) is 48.0 Å². The molecule has 0 atom stereocenters. The number of nitro groups is 1. The second-order valence-corrected chi connectivity index (χ2v) is 9.69. The molecule has 0 aliphatic heterocycles. The van der Waals surface area contributed by atoms with E-state index < -0.39 is 14.8 Å². The molecule has 0 radical (unpaired) electrons. The van der Waals surface area contributed by atoms with E-state index in [9.17, 15) is 23.3 Å². The number of carbonyl (C=O) groups is 1. The molecule has 0 saturated carbocycles. The minimum Gasteiger partial charge on any atom is -0.337 e. The number of anilines is 1. The lowest BCUT2D eigenvalue weighted by atomic mass is 10.2. The molecule has 1 heterocycles. The zero-order chi connectivity index (χ0) is 23.6. The van der Waals surface area contributed by atoms with Gasteiger partial charge in [0.15, 0.2) is 9.84 Å². The smallest absolute Gasteiger partial charge is 0.269 e. The Labute approximate surface area is 190 Å². The number of aromatic nitrogens is 1. The number of hydrogen-bond donors (Lipinski definition) is 1. The van der Waals surface area contributed by atoms with Crippen molar-refractivity contribution in [3.8, 4) is 0 Å². The Kier molecular flexibility index (Phi) is 5.97. The second kappa shape index (κ2) is 8.87. The van der Waals surface area contributed by atoms with Crippen molar-refractivity contribution < 1.29 is 18.1 Å². The van der Waals surface area contributed by atoms with Gasteiger partial charge in [-0.05, 0) is 30.7 Å². The standard InChI is InChI=1S/C24H21N3O5S/c1-17-6-8-18(9-7-17)16-33(31,32)23-14-26(22-5-3-2-4-21(22)23)15-24(28)25-19-10-12-20(13-11-19)27(29)30/h2-14H,15-16H2,1H3,(H,25,28). The van der Waals surface area contributed by atoms with E-state index in [-0.39, 0.29) is 28.8 Å². The minimum atomic E-state index is -3.66. The molecule has 0 unspecified atom stereocenters. The topological polar surface area (TPSA) is 111 Å². The zero-order valence-corrected chi connectivity index (χ0v) is 18.6. The van der Waals surface area contributed by atoms with Gasteiger partial charge in [-0.15, -0.1) is 0 Å². The maximum absolute atomic E-state index is 13.2. The van der Waals surface area contributed by atoms with E-state index >= 15 is 0 Å². The molecule has 1 N–H and O–H groups in total. The fourth-order valence-corrected chi connectivity index (χ4v) is 5.18. The molecule has 9 heteroatoms. The summed E-state index contributed by atoms with van der Waals surface area (Å²) in [7, 11) is -3.66. The highest BCUT2D eigenvalue weighted by molar-refractivity contribution is 7.90. The molecular weight excluding hydrogens is 442 g/mol. The summed E-state index contributed by atoms with van der Waals surface area (Å²) in [6.45, 7) is 1.82. The summed E-state index contributed by atoms with van der Waals surface area (Å²) in [6.07, 6.45) is 1.49. The Morgan fingerprint density at radius 2 is 1.67 bits per heavy atom. The Hall–Kier alpha value is -3.98. The number of fused-ring (bicyclic) bond motifs is 1. The summed E-state index contributed by atoms with van der Waals surface area (Å²) < 4.78 is 28.0. The van der Waals surface area contributed by atoms with E-state index in [0.29, 0.717) is 22.2 Å². The van der Waals surface area contributed by atoms with Crippen LogP contribution in [0.4, 0.5) is 11.4 Å². The molecule has 4 rings (SSSR count). The van der Waals surface area contributed by atoms with Crippen molar-refractivity contribution in [1.82, 2.24) is 4.57 Å². The monoisotopic (exact) mass is 463 g/mol. The third kappa shape index (κ3) is 4.93. The molecule has 168 valence electrons. The molecular formula is C24H21N3O5S. The van der Waals surface area contributed by atoms with Crippen molar-refractivity contribution in [2.45, 2.75) is 24.1 Å². The minimum absolute atomic E-state index is 0.0761. The van der Waals surface area contributed by atoms with Crippen molar-refractivity contribution in [3.63, 3.8) is 0 Å². The summed E-state index contributed by atoms with van der Waals surface area (Å²) in [5.74, 6) is -0.525. The lowest BCUT2D eigenvalue weighted by Gasteiger charge is -2.07. The zero-order valence-electron chi connectivity index (χ0n) is 17.8. The number of aryl methyl sites for hydroxylation is 1. The Balaban J connectivity index is 1.59. The average Bonchev–Trinajstić information content (AvgIpc) is 3.15. The molecule has 4 aromatic rings. The first kappa shape index (κ1) is 22.2. The summed E-state index contributed by atoms with van der Waals surface area (Å²) in [5, 5.41) is 14.0. The van der Waals surface area contributed by atoms with E-state index in [0.717, 1.165) is 5.56 Å². The van der Waals surface area contributed by atoms with Gasteiger partial charge in [0.05, 0.1) is 15.6 Å². The normalized spacial score (nSPS) is 11.4. The van der Waals surface area contributed by atoms with Gasteiger partial charge in [0.2, 0.25) is 5.91 Å². The van der Waals surface area contributed by atoms with E-state index in [4.69, 9.17) is 0 Å². The molecule has 8 nitrogen and oxygen atoms in total. The summed E-state index contributed by atoms with van der Waals surface area (Å²) in [4.78, 5) is 23.0. The van der Waals surface area contributed by atoms with E-state index in [2.05, 4.69) is 5.32 Å². The molecule has 0 saturated heterocycles. The number of benzene rings is 3. The van der Waals surface area contributed by atoms with Gasteiger partial charge in [-0.25, -0.2) is 8.42 Å². The predicted molar refractivity (Wildman–Crippen MR) is 126 cm³/mol. The van der Waals surface area contributed by atoms with Gasteiger partial charge in [0, 0.05) is 34.9 Å². The van der Waals surface area contributed by atoms with Crippen LogP contribution in [-0.4, -0.2) is 23.8 Å². The SMILES string of the molecule is Cc1ccc(CS(=O)(=O)c2cn(CC(=O)Nc3ccc([N+](=O)[O-])cc3)c3ccccc23)cc1. The number of carbonyl (C=O) groups excluding carboxylic acids is 1. The van der Waals surface area contributed by atoms with Gasteiger partial charge in [-0.3, -0.25) is 14.9 Å². The van der Waals surface area contributed by atoms with Crippen molar-refractivity contribution >= 4 is 38.0 Å². The van der Waals surface area contributed by atoms with Crippen LogP contribution in [0.2, 0.25) is 0 Å². The summed E-state index contributed by atoms with van der Waals surface area (Å²) in [6, 6.07) is 19.9. The number of para-hydroxylation sites is 1. The number of rotatable bonds is 7. The highest BCUT2D eigenvalue weighted by Crippen LogP contribution is 2.28. The third-order valence-corrected chi connectivity index (χ3v) is 6.95. The number of non-ortho nitro benzene ring substituents is 1. The number of amides is 1. The van der Waals surface area contributed by atoms with E-state index in [1.165, 1.54) is 30.5 Å². The van der Waals surface area contributed by atoms with Crippen molar-refractivity contribution in [2.75, 3.05) is 5.32 Å². The van der Waals surface area contributed by atoms with Crippen LogP contribution < -0.4 is 5.32 Å². The van der Waals surface area contributed by atoms with Gasteiger partial charge in [0.1, 0.15) is 6.54 Å². The molecule has 0 aliphatic carbocycles. The molecule has 0 bridgehead atoms. The average molecular weight is 464 g/mol. The molecule has 33 heavy (non-hydrogen) atoms. The van der Waals surface area contributed by atoms with Gasteiger partial charge < -0.3 is 9.88 Å². The molecule has 1 amide bonds. The van der Waals surface area contributed by atoms with Crippen LogP contribution in [-0.2, 0) is 26.9 Å². The van der Waals surface area contributed by atoms with Crippen LogP contribution in [0.3, 0.4) is 0 Å². The third-order valence-electron chi connectivity index (χ3n) is 5.24. The van der Waals surface area contributed by atoms with Crippen molar-refractivity contribution in [1.29, 1.82) is 0 Å². The maximum atomic E-state index is 13.2. The number of nitro benzene ring substituents is 1. The molecule has 0 aliphatic rings. The number of nitrogens with zero attached hydrogens (tertiary/aromatic N) is 2. The molecule has 0 spiro atoms. The lowest BCUT2D eigenvalue weighted by Crippen LogP contribution is -2.18. The van der Waals surface area contributed by atoms with Gasteiger partial charge in [0.25, 0.3) is 5.69 Å². The highest BCUT2D eigenvalue weighted by Gasteiger charge is 2.22. The quantitative estimate of drug-likeness (QED) is 0.321. The Morgan fingerprint density at radius 3 is 2.33 bits per heavy atom. The predicted octanol–water partition coefficient (Wildman–Crippen LogP) is 4.47. The molecule has 0 fully saturated rings. The maximum Gasteiger partial charge on any atom is 0.269 e. The number of hydrogen-bond acceptors (Lipinski definition) is 5. The largest absolute Gasteiger partial charge is 0.337 e. The first-order valence-corrected chi connectivity index (χ1v) is 11.8. The Bertz CT molecular complexity index is 1440. The van der Waals surface area contributed by atoms with Crippen LogP contribution in [0, 0.1) is 17.0 Å². The van der Waals surface area contributed by atoms with Gasteiger partial charge >= 0.3 is 0 Å². The summed E-state index contributed by atoms with van der Waals surface area (Å²) in [5.41, 5.74) is 2.70. The number of nitrogens with one attached hydrogen (secondary N) is 1. The fraction of sp³-hybridized carbons (Fsp3) is 0.125. The Morgan fingerprint density at radius 1 is 1.00 bits per heavy atom. The van der Waals surface area contributed by atoms with E-state index in [1.54, 1.807) is 41.0 Å². The highest BCUT2D eigenvalue weighted by atomic mass is 32.2. The van der Waals surface area contributed by atoms with Crippen molar-refractivity contribution in [2.24, 2.45) is 0 Å². The van der Waals surface area contributed by atoms with Gasteiger partial charge in [-0.2, -0.15) is 0 Å². The lowest BCUT2D eigenvalue weighted by molar-refractivity contribution is -0.384.